The molecule has 0 unspecified atom stereocenters. The lowest BCUT2D eigenvalue weighted by molar-refractivity contribution is -0.0436. The summed E-state index contributed by atoms with van der Waals surface area (Å²) in [5.74, 6) is 0. The molecule has 3 nitrogen and oxygen atoms in total. The van der Waals surface area contributed by atoms with Gasteiger partial charge in [0.2, 0.25) is 0 Å². The molecule has 8 heteroatoms. The maximum Gasteiger partial charge on any atom is 0.501 e. The van der Waals surface area contributed by atoms with Crippen LogP contribution in [0.4, 0.5) is 18.9 Å². The number of halogens is 4. The van der Waals surface area contributed by atoms with Gasteiger partial charge in [0.1, 0.15) is 0 Å². The summed E-state index contributed by atoms with van der Waals surface area (Å²) in [5, 5.41) is 0. The number of hydrogen-bond donors (Lipinski definition) is 0. The van der Waals surface area contributed by atoms with Crippen LogP contribution >= 0.6 is 15.9 Å². The summed E-state index contributed by atoms with van der Waals surface area (Å²) in [7, 11) is -5.26. The van der Waals surface area contributed by atoms with E-state index in [9.17, 15) is 21.6 Å². The normalized spacial score (nSPS) is 18.3. The van der Waals surface area contributed by atoms with Crippen molar-refractivity contribution in [2.45, 2.75) is 28.1 Å². The fraction of sp³-hybridized carbons (Fsp3) is 0.500. The maximum atomic E-state index is 12.4. The molecule has 1 aliphatic rings. The molecule has 0 aliphatic carbocycles. The Bertz CT molecular complexity index is 563. The highest BCUT2D eigenvalue weighted by Gasteiger charge is 2.46. The minimum atomic E-state index is -5.26. The van der Waals surface area contributed by atoms with Crippen LogP contribution in [0.15, 0.2) is 29.2 Å². The fourth-order valence-electron chi connectivity index (χ4n) is 2.08. The maximum absolute atomic E-state index is 12.4. The smallest absolute Gasteiger partial charge is 0.371 e. The number of benzene rings is 1. The van der Waals surface area contributed by atoms with Gasteiger partial charge >= 0.3 is 5.51 Å². The van der Waals surface area contributed by atoms with Crippen LogP contribution in [0.5, 0.6) is 0 Å². The van der Waals surface area contributed by atoms with Gasteiger partial charge in [-0.05, 0) is 37.1 Å². The summed E-state index contributed by atoms with van der Waals surface area (Å²) in [6.07, 6.45) is 1.89. The summed E-state index contributed by atoms with van der Waals surface area (Å²) >= 11 is 3.52. The molecule has 0 saturated carbocycles. The molecule has 2 rings (SSSR count). The molecule has 0 radical (unpaired) electrons. The highest BCUT2D eigenvalue weighted by atomic mass is 79.9. The molecule has 1 fully saturated rings. The predicted molar refractivity (Wildman–Crippen MR) is 73.8 cm³/mol. The van der Waals surface area contributed by atoms with E-state index < -0.39 is 20.2 Å². The number of piperidine rings is 1. The predicted octanol–water partition coefficient (Wildman–Crippen LogP) is 3.34. The van der Waals surface area contributed by atoms with Crippen LogP contribution in [0.25, 0.3) is 0 Å². The first-order valence-corrected chi connectivity index (χ1v) is 8.42. The van der Waals surface area contributed by atoms with E-state index >= 15 is 0 Å². The first-order valence-electron chi connectivity index (χ1n) is 6.02. The quantitative estimate of drug-likeness (QED) is 0.748. The molecular formula is C12H13BrF3NO2S. The molecule has 1 aromatic carbocycles. The molecule has 0 atom stereocenters. The van der Waals surface area contributed by atoms with Crippen molar-refractivity contribution in [1.29, 1.82) is 0 Å². The van der Waals surface area contributed by atoms with Gasteiger partial charge in [-0.1, -0.05) is 15.9 Å². The van der Waals surface area contributed by atoms with Gasteiger partial charge in [-0.2, -0.15) is 13.2 Å². The van der Waals surface area contributed by atoms with Crippen LogP contribution < -0.4 is 4.90 Å². The highest BCUT2D eigenvalue weighted by Crippen LogP contribution is 2.31. The zero-order valence-electron chi connectivity index (χ0n) is 10.4. The largest absolute Gasteiger partial charge is 0.501 e. The van der Waals surface area contributed by atoms with Gasteiger partial charge < -0.3 is 4.90 Å². The van der Waals surface area contributed by atoms with Gasteiger partial charge in [0.25, 0.3) is 9.84 Å². The van der Waals surface area contributed by atoms with E-state index in [4.69, 9.17) is 0 Å². The van der Waals surface area contributed by atoms with Crippen molar-refractivity contribution in [3.63, 3.8) is 0 Å². The number of rotatable bonds is 2. The average Bonchev–Trinajstić information content (AvgIpc) is 2.38. The van der Waals surface area contributed by atoms with E-state index in [1.54, 1.807) is 0 Å². The Morgan fingerprint density at radius 1 is 1.10 bits per heavy atom. The topological polar surface area (TPSA) is 37.4 Å². The van der Waals surface area contributed by atoms with E-state index in [-0.39, 0.29) is 0 Å². The van der Waals surface area contributed by atoms with Gasteiger partial charge in [0.15, 0.2) is 0 Å². The van der Waals surface area contributed by atoms with Crippen molar-refractivity contribution >= 4 is 31.5 Å². The molecule has 0 aromatic heterocycles. The van der Waals surface area contributed by atoms with E-state index in [1.807, 2.05) is 4.90 Å². The molecule has 0 bridgehead atoms. The van der Waals surface area contributed by atoms with Crippen LogP contribution in [-0.4, -0.2) is 31.8 Å². The standard InChI is InChI=1S/C12H13BrF3NO2S/c13-9-5-7-17(8-6-9)10-1-3-11(4-2-10)20(18,19)12(14,15)16/h1-4,9H,5-8H2. The zero-order valence-corrected chi connectivity index (χ0v) is 12.8. The van der Waals surface area contributed by atoms with Crippen molar-refractivity contribution in [3.8, 4) is 0 Å². The number of anilines is 1. The first kappa shape index (κ1) is 15.6. The molecule has 0 N–H and O–H groups in total. The number of nitrogens with zero attached hydrogens (tertiary/aromatic N) is 1. The summed E-state index contributed by atoms with van der Waals surface area (Å²) < 4.78 is 59.7. The second-order valence-electron chi connectivity index (χ2n) is 4.60. The van der Waals surface area contributed by atoms with Crippen molar-refractivity contribution in [3.05, 3.63) is 24.3 Å². The third kappa shape index (κ3) is 3.11. The lowest BCUT2D eigenvalue weighted by Crippen LogP contribution is -2.33. The SMILES string of the molecule is O=S(=O)(c1ccc(N2CCC(Br)CC2)cc1)C(F)(F)F. The van der Waals surface area contributed by atoms with Crippen molar-refractivity contribution < 1.29 is 21.6 Å². The molecule has 1 saturated heterocycles. The number of hydrogen-bond acceptors (Lipinski definition) is 3. The molecule has 112 valence electrons. The zero-order chi connectivity index (χ0) is 15.0. The average molecular weight is 372 g/mol. The lowest BCUT2D eigenvalue weighted by atomic mass is 10.1. The lowest BCUT2D eigenvalue weighted by Gasteiger charge is -2.31. The van der Waals surface area contributed by atoms with Gasteiger partial charge in [0, 0.05) is 23.6 Å². The molecule has 20 heavy (non-hydrogen) atoms. The van der Waals surface area contributed by atoms with Gasteiger partial charge in [-0.3, -0.25) is 0 Å². The molecule has 1 aromatic rings. The summed E-state index contributed by atoms with van der Waals surface area (Å²) in [6, 6.07) is 4.87. The van der Waals surface area contributed by atoms with Gasteiger partial charge in [-0.15, -0.1) is 0 Å². The second-order valence-corrected chi connectivity index (χ2v) is 7.84. The van der Waals surface area contributed by atoms with E-state index in [1.165, 1.54) is 12.1 Å². The summed E-state index contributed by atoms with van der Waals surface area (Å²) in [5.41, 5.74) is -4.52. The minimum absolute atomic E-state index is 0.462. The summed E-state index contributed by atoms with van der Waals surface area (Å²) in [6.45, 7) is 1.59. The summed E-state index contributed by atoms with van der Waals surface area (Å²) in [4.78, 5) is 1.77. The monoisotopic (exact) mass is 371 g/mol. The Balaban J connectivity index is 2.19. The van der Waals surface area contributed by atoms with Crippen LogP contribution in [0.3, 0.4) is 0 Å². The molecule has 1 heterocycles. The minimum Gasteiger partial charge on any atom is -0.371 e. The van der Waals surface area contributed by atoms with Crippen molar-refractivity contribution in [2.24, 2.45) is 0 Å². The number of sulfone groups is 1. The Morgan fingerprint density at radius 2 is 1.60 bits per heavy atom. The second kappa shape index (κ2) is 5.55. The van der Waals surface area contributed by atoms with Crippen molar-refractivity contribution in [2.75, 3.05) is 18.0 Å². The van der Waals surface area contributed by atoms with Crippen LogP contribution in [0.1, 0.15) is 12.8 Å². The number of alkyl halides is 4. The van der Waals surface area contributed by atoms with Gasteiger partial charge in [0.05, 0.1) is 4.90 Å². The fourth-order valence-corrected chi connectivity index (χ4v) is 3.25. The van der Waals surface area contributed by atoms with E-state index in [2.05, 4.69) is 15.9 Å². The Morgan fingerprint density at radius 3 is 2.05 bits per heavy atom. The first-order chi connectivity index (χ1) is 9.22. The highest BCUT2D eigenvalue weighted by molar-refractivity contribution is 9.09. The van der Waals surface area contributed by atoms with E-state index in [0.717, 1.165) is 43.8 Å². The Hall–Kier alpha value is -0.760. The van der Waals surface area contributed by atoms with Crippen molar-refractivity contribution in [1.82, 2.24) is 0 Å². The Kier molecular flexibility index (Phi) is 4.34. The van der Waals surface area contributed by atoms with Crippen LogP contribution in [-0.2, 0) is 9.84 Å². The van der Waals surface area contributed by atoms with Crippen LogP contribution in [0, 0.1) is 0 Å². The van der Waals surface area contributed by atoms with E-state index in [0.29, 0.717) is 4.83 Å². The molecular weight excluding hydrogens is 359 g/mol. The molecule has 0 spiro atoms. The third-order valence-electron chi connectivity index (χ3n) is 3.24. The van der Waals surface area contributed by atoms with Crippen LogP contribution in [0.2, 0.25) is 0 Å². The van der Waals surface area contributed by atoms with Gasteiger partial charge in [-0.25, -0.2) is 8.42 Å². The third-order valence-corrected chi connectivity index (χ3v) is 5.66. The molecule has 0 amide bonds. The Labute approximate surface area is 123 Å². The molecule has 1 aliphatic heterocycles.